The Labute approximate surface area is 169 Å². The lowest BCUT2D eigenvalue weighted by molar-refractivity contribution is -0.119. The van der Waals surface area contributed by atoms with Crippen molar-refractivity contribution in [1.82, 2.24) is 25.0 Å². The van der Waals surface area contributed by atoms with Crippen LogP contribution in [0.1, 0.15) is 36.1 Å². The molecule has 29 heavy (non-hydrogen) atoms. The lowest BCUT2D eigenvalue weighted by Gasteiger charge is -2.01. The summed E-state index contributed by atoms with van der Waals surface area (Å²) in [5, 5.41) is 22.2. The number of carbonyl (C=O) groups is 1. The number of hydrogen-bond acceptors (Lipinski definition) is 8. The van der Waals surface area contributed by atoms with Crippen molar-refractivity contribution < 1.29 is 9.21 Å². The van der Waals surface area contributed by atoms with Gasteiger partial charge in [-0.05, 0) is 37.1 Å². The standard InChI is InChI=1S/C20H16N6O2S/c21-12-20(4-5-20)11-14(27)9-17-24-25-18(28-17)10-19-23-15-3-2-13(8-16(15)29-19)26-7-1-6-22-26/h1-3,6-8H,4-5,9-11H2. The topological polar surface area (TPSA) is 110 Å². The number of carbonyl (C=O) groups excluding carboxylic acids is 1. The van der Waals surface area contributed by atoms with Crippen molar-refractivity contribution in [3.05, 3.63) is 53.4 Å². The van der Waals surface area contributed by atoms with Crippen LogP contribution in [0.3, 0.4) is 0 Å². The van der Waals surface area contributed by atoms with Crippen molar-refractivity contribution in [3.8, 4) is 11.8 Å². The molecule has 1 aliphatic carbocycles. The van der Waals surface area contributed by atoms with E-state index in [0.29, 0.717) is 18.2 Å². The number of nitrogens with zero attached hydrogens (tertiary/aromatic N) is 6. The van der Waals surface area contributed by atoms with E-state index in [9.17, 15) is 4.79 Å². The normalized spacial score (nSPS) is 14.7. The summed E-state index contributed by atoms with van der Waals surface area (Å²) < 4.78 is 8.49. The molecule has 9 heteroatoms. The van der Waals surface area contributed by atoms with Crippen molar-refractivity contribution >= 4 is 27.3 Å². The zero-order chi connectivity index (χ0) is 19.8. The molecule has 0 bridgehead atoms. The minimum atomic E-state index is -0.448. The lowest BCUT2D eigenvalue weighted by Crippen LogP contribution is -2.10. The Hall–Kier alpha value is -3.38. The van der Waals surface area contributed by atoms with Gasteiger partial charge in [-0.25, -0.2) is 9.67 Å². The van der Waals surface area contributed by atoms with Gasteiger partial charge in [0, 0.05) is 18.8 Å². The molecule has 0 N–H and O–H groups in total. The number of hydrogen-bond donors (Lipinski definition) is 0. The molecule has 1 saturated carbocycles. The number of Topliss-reactive ketones (excluding diaryl/α,β-unsaturated/α-hetero) is 1. The summed E-state index contributed by atoms with van der Waals surface area (Å²) >= 11 is 1.56. The first-order chi connectivity index (χ1) is 14.1. The smallest absolute Gasteiger partial charge is 0.223 e. The van der Waals surface area contributed by atoms with E-state index in [2.05, 4.69) is 26.3 Å². The molecule has 0 spiro atoms. The second-order valence-corrected chi connectivity index (χ2v) is 8.38. The van der Waals surface area contributed by atoms with E-state index in [1.54, 1.807) is 22.2 Å². The molecular weight excluding hydrogens is 388 g/mol. The first kappa shape index (κ1) is 17.7. The minimum absolute atomic E-state index is 0.0367. The number of nitriles is 1. The summed E-state index contributed by atoms with van der Waals surface area (Å²) in [5.74, 6) is 0.687. The van der Waals surface area contributed by atoms with Gasteiger partial charge in [-0.3, -0.25) is 4.79 Å². The summed E-state index contributed by atoms with van der Waals surface area (Å²) in [6.07, 6.45) is 5.98. The number of ketones is 1. The van der Waals surface area contributed by atoms with Crippen LogP contribution in [0.15, 0.2) is 41.1 Å². The second-order valence-electron chi connectivity index (χ2n) is 7.26. The molecule has 0 unspecified atom stereocenters. The molecule has 0 radical (unpaired) electrons. The molecule has 0 saturated heterocycles. The van der Waals surface area contributed by atoms with Crippen molar-refractivity contribution in [2.75, 3.05) is 0 Å². The van der Waals surface area contributed by atoms with Crippen LogP contribution in [0.4, 0.5) is 0 Å². The molecule has 1 aliphatic rings. The number of aromatic nitrogens is 5. The molecule has 0 amide bonds. The van der Waals surface area contributed by atoms with Gasteiger partial charge in [0.05, 0.1) is 40.2 Å². The predicted molar refractivity (Wildman–Crippen MR) is 104 cm³/mol. The summed E-state index contributed by atoms with van der Waals surface area (Å²) in [7, 11) is 0. The number of benzene rings is 1. The summed E-state index contributed by atoms with van der Waals surface area (Å²) in [5.41, 5.74) is 1.43. The fourth-order valence-corrected chi connectivity index (χ4v) is 4.24. The van der Waals surface area contributed by atoms with Gasteiger partial charge >= 0.3 is 0 Å². The number of rotatable bonds is 7. The molecule has 1 fully saturated rings. The number of thiazole rings is 1. The monoisotopic (exact) mass is 404 g/mol. The van der Waals surface area contributed by atoms with E-state index in [4.69, 9.17) is 9.68 Å². The highest BCUT2D eigenvalue weighted by Gasteiger charge is 2.44. The first-order valence-corrected chi connectivity index (χ1v) is 10.1. The van der Waals surface area contributed by atoms with Crippen LogP contribution >= 0.6 is 11.3 Å². The van der Waals surface area contributed by atoms with Crippen molar-refractivity contribution in [2.24, 2.45) is 5.41 Å². The lowest BCUT2D eigenvalue weighted by atomic mass is 10.00. The van der Waals surface area contributed by atoms with Gasteiger partial charge in [0.1, 0.15) is 10.8 Å². The van der Waals surface area contributed by atoms with Gasteiger partial charge in [-0.2, -0.15) is 10.4 Å². The third kappa shape index (κ3) is 3.67. The zero-order valence-electron chi connectivity index (χ0n) is 15.4. The van der Waals surface area contributed by atoms with E-state index in [1.807, 2.05) is 30.5 Å². The van der Waals surface area contributed by atoms with Gasteiger partial charge in [0.25, 0.3) is 0 Å². The van der Waals surface area contributed by atoms with Gasteiger partial charge in [0.2, 0.25) is 11.8 Å². The molecule has 1 aromatic carbocycles. The van der Waals surface area contributed by atoms with Crippen LogP contribution in [-0.4, -0.2) is 30.7 Å². The summed E-state index contributed by atoms with van der Waals surface area (Å²) in [4.78, 5) is 16.8. The van der Waals surface area contributed by atoms with E-state index in [0.717, 1.165) is 33.8 Å². The van der Waals surface area contributed by atoms with Crippen molar-refractivity contribution in [2.45, 2.75) is 32.1 Å². The van der Waals surface area contributed by atoms with Crippen LogP contribution in [0.5, 0.6) is 0 Å². The Morgan fingerprint density at radius 1 is 1.31 bits per heavy atom. The van der Waals surface area contributed by atoms with Crippen LogP contribution < -0.4 is 0 Å². The summed E-state index contributed by atoms with van der Waals surface area (Å²) in [6, 6.07) is 10.1. The number of fused-ring (bicyclic) bond motifs is 1. The minimum Gasteiger partial charge on any atom is -0.424 e. The maximum Gasteiger partial charge on any atom is 0.223 e. The zero-order valence-corrected chi connectivity index (χ0v) is 16.2. The van der Waals surface area contributed by atoms with Gasteiger partial charge in [-0.1, -0.05) is 0 Å². The molecule has 144 valence electrons. The Bertz CT molecular complexity index is 1230. The average molecular weight is 404 g/mol. The molecular formula is C20H16N6O2S. The van der Waals surface area contributed by atoms with Crippen LogP contribution in [0.25, 0.3) is 15.9 Å². The van der Waals surface area contributed by atoms with E-state index in [1.165, 1.54) is 0 Å². The third-order valence-corrected chi connectivity index (χ3v) is 5.99. The first-order valence-electron chi connectivity index (χ1n) is 9.26. The maximum absolute atomic E-state index is 12.1. The van der Waals surface area contributed by atoms with E-state index < -0.39 is 5.41 Å². The molecule has 8 nitrogen and oxygen atoms in total. The van der Waals surface area contributed by atoms with E-state index >= 15 is 0 Å². The maximum atomic E-state index is 12.1. The van der Waals surface area contributed by atoms with Crippen LogP contribution in [0.2, 0.25) is 0 Å². The highest BCUT2D eigenvalue weighted by atomic mass is 32.1. The molecule has 3 heterocycles. The molecule has 3 aromatic heterocycles. The average Bonchev–Trinajstić information content (AvgIpc) is 3.13. The van der Waals surface area contributed by atoms with Crippen molar-refractivity contribution in [3.63, 3.8) is 0 Å². The molecule has 4 aromatic rings. The van der Waals surface area contributed by atoms with Crippen molar-refractivity contribution in [1.29, 1.82) is 5.26 Å². The molecule has 0 atom stereocenters. The van der Waals surface area contributed by atoms with E-state index in [-0.39, 0.29) is 18.6 Å². The fourth-order valence-electron chi connectivity index (χ4n) is 3.25. The Morgan fingerprint density at radius 2 is 2.17 bits per heavy atom. The highest BCUT2D eigenvalue weighted by molar-refractivity contribution is 7.18. The van der Waals surface area contributed by atoms with Gasteiger partial charge in [0.15, 0.2) is 0 Å². The second kappa shape index (κ2) is 6.90. The van der Waals surface area contributed by atoms with Gasteiger partial charge in [-0.15, -0.1) is 21.5 Å². The van der Waals surface area contributed by atoms with Gasteiger partial charge < -0.3 is 4.42 Å². The Morgan fingerprint density at radius 3 is 2.93 bits per heavy atom. The molecule has 0 aliphatic heterocycles. The Balaban J connectivity index is 1.27. The predicted octanol–water partition coefficient (Wildman–Crippen LogP) is 3.26. The van der Waals surface area contributed by atoms with Crippen LogP contribution in [0, 0.1) is 16.7 Å². The largest absolute Gasteiger partial charge is 0.424 e. The molecule has 5 rings (SSSR count). The highest BCUT2D eigenvalue weighted by Crippen LogP contribution is 2.48. The third-order valence-electron chi connectivity index (χ3n) is 4.97. The fraction of sp³-hybridized carbons (Fsp3) is 0.300. The summed E-state index contributed by atoms with van der Waals surface area (Å²) in [6.45, 7) is 0. The Kier molecular flexibility index (Phi) is 4.21. The SMILES string of the molecule is N#CC1(CC(=O)Cc2nnc(Cc3nc4ccc(-n5cccn5)cc4s3)o2)CC1. The quantitative estimate of drug-likeness (QED) is 0.465. The van der Waals surface area contributed by atoms with Crippen LogP contribution in [-0.2, 0) is 17.6 Å².